The number of unbranched alkanes of at least 4 members (excludes halogenated alkanes) is 2. The summed E-state index contributed by atoms with van der Waals surface area (Å²) in [6, 6.07) is 0. The Hall–Kier alpha value is -1.01. The van der Waals surface area contributed by atoms with Crippen molar-refractivity contribution in [1.82, 2.24) is 5.32 Å². The van der Waals surface area contributed by atoms with Crippen LogP contribution in [0.2, 0.25) is 0 Å². The third-order valence-corrected chi connectivity index (χ3v) is 3.18. The summed E-state index contributed by atoms with van der Waals surface area (Å²) in [4.78, 5) is 11.6. The topological polar surface area (TPSA) is 55.1 Å². The molecule has 1 aliphatic carbocycles. The molecular formula is C13H22N2O. The molecule has 0 atom stereocenters. The Bertz CT molecular complexity index is 262. The molecule has 90 valence electrons. The number of terminal acetylenes is 1. The molecule has 1 amide bonds. The van der Waals surface area contributed by atoms with Crippen molar-refractivity contribution in [3.63, 3.8) is 0 Å². The van der Waals surface area contributed by atoms with Gasteiger partial charge in [-0.3, -0.25) is 4.79 Å². The van der Waals surface area contributed by atoms with Crippen molar-refractivity contribution in [3.05, 3.63) is 0 Å². The molecule has 1 saturated carbocycles. The number of carbonyl (C=O) groups is 1. The lowest BCUT2D eigenvalue weighted by atomic mass is 9.94. The molecule has 3 heteroatoms. The standard InChI is InChI=1S/C13H22N2O/c1-2-3-4-7-10-15-12(16)11-13(14)8-5-6-9-13/h1H,3-11,14H2,(H,15,16). The summed E-state index contributed by atoms with van der Waals surface area (Å²) in [7, 11) is 0. The van der Waals surface area contributed by atoms with Crippen LogP contribution in [0.4, 0.5) is 0 Å². The number of carbonyl (C=O) groups excluding carboxylic acids is 1. The molecule has 0 aromatic heterocycles. The van der Waals surface area contributed by atoms with Crippen LogP contribution in [-0.4, -0.2) is 18.0 Å². The first kappa shape index (κ1) is 13.1. The Morgan fingerprint density at radius 1 is 1.38 bits per heavy atom. The molecule has 3 N–H and O–H groups in total. The van der Waals surface area contributed by atoms with E-state index in [1.54, 1.807) is 0 Å². The summed E-state index contributed by atoms with van der Waals surface area (Å²) in [5, 5.41) is 2.91. The highest BCUT2D eigenvalue weighted by Gasteiger charge is 2.31. The lowest BCUT2D eigenvalue weighted by molar-refractivity contribution is -0.122. The fourth-order valence-electron chi connectivity index (χ4n) is 2.22. The monoisotopic (exact) mass is 222 g/mol. The summed E-state index contributed by atoms with van der Waals surface area (Å²) in [5.74, 6) is 2.68. The summed E-state index contributed by atoms with van der Waals surface area (Å²) in [6.45, 7) is 0.719. The number of nitrogens with one attached hydrogen (secondary N) is 1. The molecule has 0 aliphatic heterocycles. The second-order valence-electron chi connectivity index (χ2n) is 4.76. The van der Waals surface area contributed by atoms with Crippen LogP contribution in [0.5, 0.6) is 0 Å². The van der Waals surface area contributed by atoms with Gasteiger partial charge < -0.3 is 11.1 Å². The van der Waals surface area contributed by atoms with Crippen LogP contribution < -0.4 is 11.1 Å². The Morgan fingerprint density at radius 2 is 2.06 bits per heavy atom. The van der Waals surface area contributed by atoms with Crippen LogP contribution in [0, 0.1) is 12.3 Å². The molecule has 3 nitrogen and oxygen atoms in total. The zero-order valence-electron chi connectivity index (χ0n) is 9.93. The van der Waals surface area contributed by atoms with E-state index < -0.39 is 0 Å². The third-order valence-electron chi connectivity index (χ3n) is 3.18. The quantitative estimate of drug-likeness (QED) is 0.529. The van der Waals surface area contributed by atoms with Gasteiger partial charge in [-0.2, -0.15) is 0 Å². The van der Waals surface area contributed by atoms with Gasteiger partial charge in [0, 0.05) is 24.9 Å². The number of amides is 1. The van der Waals surface area contributed by atoms with Gasteiger partial charge in [0.1, 0.15) is 0 Å². The van der Waals surface area contributed by atoms with Gasteiger partial charge in [-0.25, -0.2) is 0 Å². The van der Waals surface area contributed by atoms with Crippen LogP contribution in [0.1, 0.15) is 51.4 Å². The summed E-state index contributed by atoms with van der Waals surface area (Å²) in [6.07, 6.45) is 12.6. The zero-order chi connectivity index (χ0) is 11.9. The fourth-order valence-corrected chi connectivity index (χ4v) is 2.22. The average molecular weight is 222 g/mol. The molecule has 0 spiro atoms. The van der Waals surface area contributed by atoms with E-state index in [0.29, 0.717) is 6.42 Å². The number of hydrogen-bond donors (Lipinski definition) is 2. The highest BCUT2D eigenvalue weighted by Crippen LogP contribution is 2.29. The van der Waals surface area contributed by atoms with Crippen LogP contribution in [0.25, 0.3) is 0 Å². The lowest BCUT2D eigenvalue weighted by Crippen LogP contribution is -2.42. The minimum atomic E-state index is -0.233. The van der Waals surface area contributed by atoms with Crippen molar-refractivity contribution in [2.45, 2.75) is 56.9 Å². The van der Waals surface area contributed by atoms with E-state index in [-0.39, 0.29) is 11.4 Å². The Morgan fingerprint density at radius 3 is 2.69 bits per heavy atom. The van der Waals surface area contributed by atoms with Crippen LogP contribution in [-0.2, 0) is 4.79 Å². The zero-order valence-corrected chi connectivity index (χ0v) is 9.93. The highest BCUT2D eigenvalue weighted by atomic mass is 16.1. The molecule has 0 saturated heterocycles. The molecule has 0 bridgehead atoms. The van der Waals surface area contributed by atoms with Crippen LogP contribution in [0.15, 0.2) is 0 Å². The van der Waals surface area contributed by atoms with E-state index in [0.717, 1.165) is 51.5 Å². The maximum atomic E-state index is 11.6. The lowest BCUT2D eigenvalue weighted by Gasteiger charge is -2.22. The summed E-state index contributed by atoms with van der Waals surface area (Å²) >= 11 is 0. The maximum Gasteiger partial charge on any atom is 0.221 e. The predicted molar refractivity (Wildman–Crippen MR) is 65.7 cm³/mol. The molecule has 0 heterocycles. The average Bonchev–Trinajstić information content (AvgIpc) is 2.64. The van der Waals surface area contributed by atoms with Crippen molar-refractivity contribution in [2.75, 3.05) is 6.54 Å². The van der Waals surface area contributed by atoms with E-state index in [9.17, 15) is 4.79 Å². The normalized spacial score (nSPS) is 18.0. The molecule has 1 aliphatic rings. The number of hydrogen-bond acceptors (Lipinski definition) is 2. The van der Waals surface area contributed by atoms with Gasteiger partial charge in [0.15, 0.2) is 0 Å². The van der Waals surface area contributed by atoms with Crippen molar-refractivity contribution >= 4 is 5.91 Å². The number of rotatable bonds is 6. The fraction of sp³-hybridized carbons (Fsp3) is 0.769. The maximum absolute atomic E-state index is 11.6. The summed E-state index contributed by atoms with van der Waals surface area (Å²) in [5.41, 5.74) is 5.89. The van der Waals surface area contributed by atoms with Gasteiger partial charge >= 0.3 is 0 Å². The molecule has 0 radical (unpaired) electrons. The first-order valence-corrected chi connectivity index (χ1v) is 6.15. The second kappa shape index (κ2) is 6.55. The summed E-state index contributed by atoms with van der Waals surface area (Å²) < 4.78 is 0. The Labute approximate surface area is 98.2 Å². The third kappa shape index (κ3) is 4.67. The SMILES string of the molecule is C#CCCCCNC(=O)CC1(N)CCCC1. The Balaban J connectivity index is 2.09. The van der Waals surface area contributed by atoms with Crippen LogP contribution in [0.3, 0.4) is 0 Å². The van der Waals surface area contributed by atoms with Gasteiger partial charge in [0.2, 0.25) is 5.91 Å². The predicted octanol–water partition coefficient (Wildman–Crippen LogP) is 1.57. The first-order valence-electron chi connectivity index (χ1n) is 6.15. The van der Waals surface area contributed by atoms with E-state index in [2.05, 4.69) is 11.2 Å². The van der Waals surface area contributed by atoms with Gasteiger partial charge in [0.05, 0.1) is 0 Å². The molecule has 16 heavy (non-hydrogen) atoms. The van der Waals surface area contributed by atoms with Gasteiger partial charge in [0.25, 0.3) is 0 Å². The minimum absolute atomic E-state index is 0.0881. The van der Waals surface area contributed by atoms with Gasteiger partial charge in [-0.15, -0.1) is 12.3 Å². The van der Waals surface area contributed by atoms with Crippen LogP contribution >= 0.6 is 0 Å². The molecule has 0 aromatic rings. The van der Waals surface area contributed by atoms with Crippen molar-refractivity contribution in [2.24, 2.45) is 5.73 Å². The Kier molecular flexibility index (Phi) is 5.34. The van der Waals surface area contributed by atoms with Crippen molar-refractivity contribution < 1.29 is 4.79 Å². The van der Waals surface area contributed by atoms with E-state index in [1.165, 1.54) is 0 Å². The van der Waals surface area contributed by atoms with Crippen molar-refractivity contribution in [3.8, 4) is 12.3 Å². The van der Waals surface area contributed by atoms with E-state index in [4.69, 9.17) is 12.2 Å². The van der Waals surface area contributed by atoms with Gasteiger partial charge in [-0.1, -0.05) is 12.8 Å². The first-order chi connectivity index (χ1) is 7.66. The molecule has 0 aromatic carbocycles. The van der Waals surface area contributed by atoms with E-state index in [1.807, 2.05) is 0 Å². The molecule has 1 rings (SSSR count). The second-order valence-corrected chi connectivity index (χ2v) is 4.76. The van der Waals surface area contributed by atoms with Crippen molar-refractivity contribution in [1.29, 1.82) is 0 Å². The van der Waals surface area contributed by atoms with Gasteiger partial charge in [-0.05, 0) is 25.7 Å². The molecular weight excluding hydrogens is 200 g/mol. The minimum Gasteiger partial charge on any atom is -0.356 e. The highest BCUT2D eigenvalue weighted by molar-refractivity contribution is 5.77. The molecule has 0 unspecified atom stereocenters. The molecule has 1 fully saturated rings. The largest absolute Gasteiger partial charge is 0.356 e. The van der Waals surface area contributed by atoms with E-state index >= 15 is 0 Å². The number of nitrogens with two attached hydrogens (primary N) is 1. The smallest absolute Gasteiger partial charge is 0.221 e.